The summed E-state index contributed by atoms with van der Waals surface area (Å²) in [6.45, 7) is 13.7. The number of rotatable bonds is 3. The van der Waals surface area contributed by atoms with Crippen LogP contribution in [0.4, 0.5) is 0 Å². The van der Waals surface area contributed by atoms with E-state index >= 15 is 0 Å². The lowest BCUT2D eigenvalue weighted by Gasteiger charge is -2.53. The molecule has 0 spiro atoms. The van der Waals surface area contributed by atoms with Crippen molar-refractivity contribution in [1.82, 2.24) is 0 Å². The van der Waals surface area contributed by atoms with E-state index < -0.39 is 11.2 Å². The fraction of sp³-hybridized carbons (Fsp3) is 0.625. The van der Waals surface area contributed by atoms with Gasteiger partial charge >= 0.3 is 0 Å². The van der Waals surface area contributed by atoms with Crippen LogP contribution in [0.5, 0.6) is 0 Å². The molecule has 6 atom stereocenters. The van der Waals surface area contributed by atoms with Crippen molar-refractivity contribution in [3.63, 3.8) is 0 Å². The minimum absolute atomic E-state index is 0.124. The molecule has 2 heteroatoms. The van der Waals surface area contributed by atoms with Crippen LogP contribution in [0.25, 0.3) is 11.1 Å². The van der Waals surface area contributed by atoms with E-state index in [9.17, 15) is 10.2 Å². The molecule has 0 heterocycles. The van der Waals surface area contributed by atoms with Crippen molar-refractivity contribution in [2.75, 3.05) is 0 Å². The Labute approximate surface area is 205 Å². The van der Waals surface area contributed by atoms with Crippen LogP contribution < -0.4 is 0 Å². The number of benzene rings is 2. The predicted molar refractivity (Wildman–Crippen MR) is 138 cm³/mol. The summed E-state index contributed by atoms with van der Waals surface area (Å²) in [5, 5.41) is 25.4. The third kappa shape index (κ3) is 2.31. The molecule has 0 amide bonds. The van der Waals surface area contributed by atoms with E-state index in [4.69, 9.17) is 0 Å². The monoisotopic (exact) mass is 458 g/mol. The molecule has 0 aliphatic heterocycles. The van der Waals surface area contributed by atoms with Crippen LogP contribution >= 0.6 is 0 Å². The molecular weight excluding hydrogens is 416 g/mol. The van der Waals surface area contributed by atoms with Gasteiger partial charge in [0.2, 0.25) is 0 Å². The van der Waals surface area contributed by atoms with Crippen LogP contribution in [0, 0.1) is 33.5 Å². The quantitative estimate of drug-likeness (QED) is 0.502. The Morgan fingerprint density at radius 1 is 0.588 bits per heavy atom. The van der Waals surface area contributed by atoms with Crippen LogP contribution in [0.2, 0.25) is 0 Å². The first-order valence-electron chi connectivity index (χ1n) is 13.5. The van der Waals surface area contributed by atoms with Gasteiger partial charge in [-0.05, 0) is 72.6 Å². The Kier molecular flexibility index (Phi) is 4.40. The Bertz CT molecular complexity index is 1060. The van der Waals surface area contributed by atoms with E-state index in [-0.39, 0.29) is 21.7 Å². The zero-order valence-electron chi connectivity index (χ0n) is 21.9. The molecule has 2 aromatic carbocycles. The summed E-state index contributed by atoms with van der Waals surface area (Å²) >= 11 is 0. The van der Waals surface area contributed by atoms with Crippen molar-refractivity contribution in [3.8, 4) is 11.1 Å². The second kappa shape index (κ2) is 6.56. The first-order valence-corrected chi connectivity index (χ1v) is 13.5. The molecule has 2 nitrogen and oxygen atoms in total. The first kappa shape index (κ1) is 22.8. The van der Waals surface area contributed by atoms with Gasteiger partial charge in [-0.25, -0.2) is 0 Å². The SMILES string of the molecule is CC1(C)[C@@H]2CC[C@@](C)(C2)[C@]1(O)c1ccccc1-c1ccccc1[C@]1(O)C(C)(C)[C@@H]2CC[C@@]1(C)C2. The minimum Gasteiger partial charge on any atom is -0.384 e. The van der Waals surface area contributed by atoms with Crippen molar-refractivity contribution in [2.24, 2.45) is 33.5 Å². The van der Waals surface area contributed by atoms with Crippen molar-refractivity contribution < 1.29 is 10.2 Å². The van der Waals surface area contributed by atoms with Gasteiger partial charge in [-0.3, -0.25) is 0 Å². The van der Waals surface area contributed by atoms with E-state index in [2.05, 4.69) is 90.1 Å². The lowest BCUT2D eigenvalue weighted by atomic mass is 9.55. The molecule has 6 rings (SSSR count). The summed E-state index contributed by atoms with van der Waals surface area (Å²) in [5.74, 6) is 1.08. The van der Waals surface area contributed by atoms with Crippen molar-refractivity contribution >= 4 is 0 Å². The van der Waals surface area contributed by atoms with Gasteiger partial charge in [-0.15, -0.1) is 0 Å². The maximum atomic E-state index is 12.7. The highest BCUT2D eigenvalue weighted by atomic mass is 16.3. The Morgan fingerprint density at radius 2 is 0.941 bits per heavy atom. The summed E-state index contributed by atoms with van der Waals surface area (Å²) in [4.78, 5) is 0. The maximum Gasteiger partial charge on any atom is 0.101 e. The maximum absolute atomic E-state index is 12.7. The molecule has 2 aromatic rings. The number of fused-ring (bicyclic) bond motifs is 4. The molecule has 4 fully saturated rings. The average Bonchev–Trinajstić information content (AvgIpc) is 3.49. The van der Waals surface area contributed by atoms with Gasteiger partial charge in [-0.2, -0.15) is 0 Å². The van der Waals surface area contributed by atoms with Crippen molar-refractivity contribution in [1.29, 1.82) is 0 Å². The van der Waals surface area contributed by atoms with Crippen LogP contribution in [0.3, 0.4) is 0 Å². The first-order chi connectivity index (χ1) is 15.8. The summed E-state index contributed by atoms with van der Waals surface area (Å²) < 4.78 is 0. The average molecular weight is 459 g/mol. The van der Waals surface area contributed by atoms with E-state index in [1.807, 2.05) is 0 Å². The highest BCUT2D eigenvalue weighted by molar-refractivity contribution is 5.74. The minimum atomic E-state index is -0.899. The summed E-state index contributed by atoms with van der Waals surface area (Å²) in [7, 11) is 0. The normalized spacial score (nSPS) is 43.5. The second-order valence-corrected chi connectivity index (χ2v) is 14.0. The Morgan fingerprint density at radius 3 is 1.26 bits per heavy atom. The molecule has 0 unspecified atom stereocenters. The van der Waals surface area contributed by atoms with Gasteiger partial charge in [0.1, 0.15) is 11.2 Å². The van der Waals surface area contributed by atoms with Gasteiger partial charge in [-0.1, -0.05) is 90.1 Å². The molecule has 4 bridgehead atoms. The van der Waals surface area contributed by atoms with E-state index in [1.54, 1.807) is 0 Å². The highest BCUT2D eigenvalue weighted by Crippen LogP contribution is 2.74. The molecule has 182 valence electrons. The zero-order chi connectivity index (χ0) is 24.4. The molecule has 4 aliphatic carbocycles. The fourth-order valence-corrected chi connectivity index (χ4v) is 9.93. The molecule has 4 aliphatic rings. The van der Waals surface area contributed by atoms with Crippen molar-refractivity contribution in [2.45, 2.75) is 91.3 Å². The molecule has 0 radical (unpaired) electrons. The number of aliphatic hydroxyl groups is 2. The van der Waals surface area contributed by atoms with Gasteiger partial charge in [0.15, 0.2) is 0 Å². The molecule has 34 heavy (non-hydrogen) atoms. The number of hydrogen-bond acceptors (Lipinski definition) is 2. The zero-order valence-corrected chi connectivity index (χ0v) is 21.9. The summed E-state index contributed by atoms with van der Waals surface area (Å²) in [5.41, 5.74) is 1.85. The Hall–Kier alpha value is -1.64. The second-order valence-electron chi connectivity index (χ2n) is 14.0. The van der Waals surface area contributed by atoms with Gasteiger partial charge in [0, 0.05) is 21.7 Å². The van der Waals surface area contributed by atoms with E-state index in [1.165, 1.54) is 12.8 Å². The standard InChI is InChI=1S/C32H42O2/c1-27(2)21-15-17-29(5,19-21)31(27,33)25-13-9-7-11-23(25)24-12-8-10-14-26(24)32(34)28(3,4)22-16-18-30(32,6)20-22/h7-14,21-22,33-34H,15-20H2,1-6H3/t21-,22-,29+,30+,31+,32+/m1/s1. The third-order valence-corrected chi connectivity index (χ3v) is 12.1. The molecular formula is C32H42O2. The van der Waals surface area contributed by atoms with Crippen LogP contribution in [0.15, 0.2) is 48.5 Å². The van der Waals surface area contributed by atoms with Crippen molar-refractivity contribution in [3.05, 3.63) is 59.7 Å². The molecule has 0 aromatic heterocycles. The van der Waals surface area contributed by atoms with Gasteiger partial charge < -0.3 is 10.2 Å². The summed E-state index contributed by atoms with van der Waals surface area (Å²) in [6.07, 6.45) is 6.73. The van der Waals surface area contributed by atoms with Gasteiger partial charge in [0.25, 0.3) is 0 Å². The molecule has 4 saturated carbocycles. The topological polar surface area (TPSA) is 40.5 Å². The fourth-order valence-electron chi connectivity index (χ4n) is 9.93. The third-order valence-electron chi connectivity index (χ3n) is 12.1. The van der Waals surface area contributed by atoms with E-state index in [0.717, 1.165) is 47.9 Å². The van der Waals surface area contributed by atoms with Crippen LogP contribution in [-0.2, 0) is 11.2 Å². The predicted octanol–water partition coefficient (Wildman–Crippen LogP) is 7.42. The Balaban J connectivity index is 1.59. The largest absolute Gasteiger partial charge is 0.384 e. The lowest BCUT2D eigenvalue weighted by Crippen LogP contribution is -2.52. The summed E-state index contributed by atoms with van der Waals surface area (Å²) in [6, 6.07) is 17.1. The highest BCUT2D eigenvalue weighted by Gasteiger charge is 2.71. The lowest BCUT2D eigenvalue weighted by molar-refractivity contribution is -0.151. The smallest absolute Gasteiger partial charge is 0.101 e. The molecule has 2 N–H and O–H groups in total. The van der Waals surface area contributed by atoms with Gasteiger partial charge in [0.05, 0.1) is 0 Å². The molecule has 0 saturated heterocycles. The number of hydrogen-bond donors (Lipinski definition) is 2. The van der Waals surface area contributed by atoms with E-state index in [0.29, 0.717) is 11.8 Å². The van der Waals surface area contributed by atoms with Crippen LogP contribution in [0.1, 0.15) is 91.2 Å². The van der Waals surface area contributed by atoms with Crippen LogP contribution in [-0.4, -0.2) is 10.2 Å².